The Kier molecular flexibility index (Phi) is 7.06. The van der Waals surface area contributed by atoms with Crippen LogP contribution in [0.5, 0.6) is 0 Å². The van der Waals surface area contributed by atoms with E-state index in [1.54, 1.807) is 6.21 Å². The number of carbonyl (C=O) groups is 1. The highest BCUT2D eigenvalue weighted by Crippen LogP contribution is 2.22. The first kappa shape index (κ1) is 24.7. The van der Waals surface area contributed by atoms with Crippen molar-refractivity contribution < 1.29 is 4.79 Å². The highest BCUT2D eigenvalue weighted by Gasteiger charge is 2.16. The first-order valence-corrected chi connectivity index (χ1v) is 12.9. The van der Waals surface area contributed by atoms with Crippen molar-refractivity contribution in [1.82, 2.24) is 14.9 Å². The summed E-state index contributed by atoms with van der Waals surface area (Å²) in [5, 5.41) is 4.25. The molecule has 0 fully saturated rings. The molecule has 37 heavy (non-hydrogen) atoms. The summed E-state index contributed by atoms with van der Waals surface area (Å²) in [5.41, 5.74) is 14.2. The third-order valence-corrected chi connectivity index (χ3v) is 7.14. The SMILES string of the molecule is Cc1cc(C)cc(-n2c(C)cc(C=NNC(=O)c3ccc(CN4CCc5ccccc5C4)cc3)c2C)c1. The summed E-state index contributed by atoms with van der Waals surface area (Å²) in [7, 11) is 0. The van der Waals surface area contributed by atoms with E-state index >= 15 is 0 Å². The highest BCUT2D eigenvalue weighted by atomic mass is 16.2. The third kappa shape index (κ3) is 5.57. The molecule has 0 saturated heterocycles. The number of aryl methyl sites for hydroxylation is 3. The van der Waals surface area contributed by atoms with Gasteiger partial charge in [0.2, 0.25) is 0 Å². The standard InChI is InChI=1S/C32H34N4O/c1-22-15-23(2)17-31(16-22)36-24(3)18-30(25(36)4)19-33-34-32(37)28-11-9-26(10-12-28)20-35-14-13-27-7-5-6-8-29(27)21-35/h5-12,15-19H,13-14,20-21H2,1-4H3,(H,34,37). The van der Waals surface area contributed by atoms with Crippen molar-refractivity contribution in [3.05, 3.63) is 123 Å². The molecular formula is C32H34N4O. The van der Waals surface area contributed by atoms with Gasteiger partial charge in [-0.25, -0.2) is 5.43 Å². The van der Waals surface area contributed by atoms with Gasteiger partial charge in [0.05, 0.1) is 6.21 Å². The maximum absolute atomic E-state index is 12.7. The van der Waals surface area contributed by atoms with Crippen molar-refractivity contribution in [2.75, 3.05) is 6.54 Å². The molecule has 2 heterocycles. The molecule has 0 atom stereocenters. The number of carbonyl (C=O) groups excluding carboxylic acids is 1. The number of aromatic nitrogens is 1. The number of fused-ring (bicyclic) bond motifs is 1. The van der Waals surface area contributed by atoms with Crippen LogP contribution in [0.3, 0.4) is 0 Å². The van der Waals surface area contributed by atoms with Crippen LogP contribution >= 0.6 is 0 Å². The van der Waals surface area contributed by atoms with Crippen LogP contribution in [0.25, 0.3) is 5.69 Å². The number of hydrogen-bond donors (Lipinski definition) is 1. The van der Waals surface area contributed by atoms with Gasteiger partial charge in [0.1, 0.15) is 0 Å². The fourth-order valence-corrected chi connectivity index (χ4v) is 5.33. The van der Waals surface area contributed by atoms with Crippen molar-refractivity contribution in [3.63, 3.8) is 0 Å². The molecule has 1 amide bonds. The van der Waals surface area contributed by atoms with Gasteiger partial charge in [-0.3, -0.25) is 9.69 Å². The Morgan fingerprint density at radius 3 is 2.35 bits per heavy atom. The van der Waals surface area contributed by atoms with Gasteiger partial charge in [0.25, 0.3) is 5.91 Å². The molecular weight excluding hydrogens is 456 g/mol. The molecule has 0 saturated carbocycles. The minimum atomic E-state index is -0.210. The van der Waals surface area contributed by atoms with E-state index < -0.39 is 0 Å². The van der Waals surface area contributed by atoms with Crippen LogP contribution in [0.1, 0.15) is 55.1 Å². The number of benzene rings is 3. The second-order valence-corrected chi connectivity index (χ2v) is 10.1. The average Bonchev–Trinajstić information content (AvgIpc) is 3.16. The van der Waals surface area contributed by atoms with Crippen LogP contribution in [0.2, 0.25) is 0 Å². The molecule has 5 heteroatoms. The fraction of sp³-hybridized carbons (Fsp3) is 0.250. The van der Waals surface area contributed by atoms with E-state index in [-0.39, 0.29) is 5.91 Å². The summed E-state index contributed by atoms with van der Waals surface area (Å²) in [6.45, 7) is 11.3. The van der Waals surface area contributed by atoms with Gasteiger partial charge in [0.15, 0.2) is 0 Å². The molecule has 5 rings (SSSR count). The zero-order chi connectivity index (χ0) is 25.9. The molecule has 4 aromatic rings. The number of nitrogens with zero attached hydrogens (tertiary/aromatic N) is 3. The Labute approximate surface area is 219 Å². The van der Waals surface area contributed by atoms with E-state index in [1.807, 2.05) is 24.3 Å². The van der Waals surface area contributed by atoms with Crippen LogP contribution in [-0.2, 0) is 19.5 Å². The number of nitrogens with one attached hydrogen (secondary N) is 1. The van der Waals surface area contributed by atoms with Gasteiger partial charge in [0, 0.05) is 47.8 Å². The van der Waals surface area contributed by atoms with E-state index in [4.69, 9.17) is 0 Å². The van der Waals surface area contributed by atoms with E-state index in [1.165, 1.54) is 27.8 Å². The lowest BCUT2D eigenvalue weighted by molar-refractivity contribution is 0.0955. The number of hydrazone groups is 1. The van der Waals surface area contributed by atoms with Gasteiger partial charge in [-0.05, 0) is 92.3 Å². The van der Waals surface area contributed by atoms with Crippen molar-refractivity contribution >= 4 is 12.1 Å². The first-order valence-electron chi connectivity index (χ1n) is 12.9. The van der Waals surface area contributed by atoms with Crippen molar-refractivity contribution in [2.45, 2.75) is 47.2 Å². The number of hydrogen-bond acceptors (Lipinski definition) is 3. The quantitative estimate of drug-likeness (QED) is 0.265. The zero-order valence-electron chi connectivity index (χ0n) is 22.1. The predicted octanol–water partition coefficient (Wildman–Crippen LogP) is 6.03. The topological polar surface area (TPSA) is 49.6 Å². The van der Waals surface area contributed by atoms with E-state index in [0.717, 1.165) is 48.7 Å². The monoisotopic (exact) mass is 490 g/mol. The summed E-state index contributed by atoms with van der Waals surface area (Å²) in [6.07, 6.45) is 2.81. The van der Waals surface area contributed by atoms with Gasteiger partial charge >= 0.3 is 0 Å². The molecule has 1 N–H and O–H groups in total. The van der Waals surface area contributed by atoms with Crippen molar-refractivity contribution in [3.8, 4) is 5.69 Å². The average molecular weight is 491 g/mol. The van der Waals surface area contributed by atoms with E-state index in [2.05, 4.69) is 96.2 Å². The Hall–Kier alpha value is -3.96. The van der Waals surface area contributed by atoms with Crippen molar-refractivity contribution in [2.24, 2.45) is 5.10 Å². The minimum absolute atomic E-state index is 0.210. The fourth-order valence-electron chi connectivity index (χ4n) is 5.33. The molecule has 1 aromatic heterocycles. The van der Waals surface area contributed by atoms with Gasteiger partial charge in [-0.2, -0.15) is 5.10 Å². The molecule has 0 spiro atoms. The second kappa shape index (κ2) is 10.6. The Morgan fingerprint density at radius 1 is 0.919 bits per heavy atom. The predicted molar refractivity (Wildman–Crippen MR) is 150 cm³/mol. The summed E-state index contributed by atoms with van der Waals surface area (Å²) >= 11 is 0. The molecule has 0 aliphatic carbocycles. The van der Waals surface area contributed by atoms with Gasteiger partial charge in [-0.1, -0.05) is 42.5 Å². The smallest absolute Gasteiger partial charge is 0.271 e. The maximum Gasteiger partial charge on any atom is 0.271 e. The Bertz CT molecular complexity index is 1440. The molecule has 3 aromatic carbocycles. The summed E-state index contributed by atoms with van der Waals surface area (Å²) in [5.74, 6) is -0.210. The normalized spacial score (nSPS) is 13.6. The van der Waals surface area contributed by atoms with Crippen LogP contribution < -0.4 is 5.43 Å². The minimum Gasteiger partial charge on any atom is -0.318 e. The summed E-state index contributed by atoms with van der Waals surface area (Å²) in [6, 6.07) is 25.1. The molecule has 5 nitrogen and oxygen atoms in total. The lowest BCUT2D eigenvalue weighted by atomic mass is 9.99. The molecule has 1 aliphatic heterocycles. The first-order chi connectivity index (χ1) is 17.9. The second-order valence-electron chi connectivity index (χ2n) is 10.1. The van der Waals surface area contributed by atoms with Gasteiger partial charge < -0.3 is 4.57 Å². The lowest BCUT2D eigenvalue weighted by Crippen LogP contribution is -2.30. The molecule has 0 radical (unpaired) electrons. The van der Waals surface area contributed by atoms with E-state index in [0.29, 0.717) is 5.56 Å². The molecule has 1 aliphatic rings. The number of amides is 1. The van der Waals surface area contributed by atoms with Crippen LogP contribution in [-0.4, -0.2) is 28.1 Å². The largest absolute Gasteiger partial charge is 0.318 e. The molecule has 0 bridgehead atoms. The Morgan fingerprint density at radius 2 is 1.62 bits per heavy atom. The lowest BCUT2D eigenvalue weighted by Gasteiger charge is -2.28. The highest BCUT2D eigenvalue weighted by molar-refractivity contribution is 5.95. The molecule has 0 unspecified atom stereocenters. The van der Waals surface area contributed by atoms with E-state index in [9.17, 15) is 4.79 Å². The van der Waals surface area contributed by atoms with Gasteiger partial charge in [-0.15, -0.1) is 0 Å². The third-order valence-electron chi connectivity index (χ3n) is 7.14. The zero-order valence-corrected chi connectivity index (χ0v) is 22.1. The van der Waals surface area contributed by atoms with Crippen LogP contribution in [0.15, 0.2) is 77.9 Å². The maximum atomic E-state index is 12.7. The molecule has 188 valence electrons. The van der Waals surface area contributed by atoms with Crippen LogP contribution in [0, 0.1) is 27.7 Å². The van der Waals surface area contributed by atoms with Crippen LogP contribution in [0.4, 0.5) is 0 Å². The summed E-state index contributed by atoms with van der Waals surface area (Å²) < 4.78 is 2.23. The summed E-state index contributed by atoms with van der Waals surface area (Å²) in [4.78, 5) is 15.1. The number of rotatable bonds is 6. The Balaban J connectivity index is 1.20. The van der Waals surface area contributed by atoms with Crippen molar-refractivity contribution in [1.29, 1.82) is 0 Å².